The molecular formula is C6H10N2OS. The molecule has 0 fully saturated rings. The number of amides is 1. The molecule has 0 aromatic carbocycles. The Morgan fingerprint density at radius 3 is 3.20 bits per heavy atom. The van der Waals surface area contributed by atoms with Crippen molar-refractivity contribution in [2.45, 2.75) is 0 Å². The van der Waals surface area contributed by atoms with Crippen LogP contribution in [-0.2, 0) is 4.79 Å². The van der Waals surface area contributed by atoms with Crippen LogP contribution in [0.3, 0.4) is 0 Å². The number of thioether (sulfide) groups is 1. The molecular weight excluding hydrogens is 148 g/mol. The summed E-state index contributed by atoms with van der Waals surface area (Å²) in [4.78, 5) is 12.6. The van der Waals surface area contributed by atoms with Crippen LogP contribution in [-0.4, -0.2) is 29.6 Å². The van der Waals surface area contributed by atoms with Gasteiger partial charge in [0.2, 0.25) is 5.91 Å². The molecule has 1 aliphatic rings. The van der Waals surface area contributed by atoms with Crippen molar-refractivity contribution in [1.29, 1.82) is 0 Å². The summed E-state index contributed by atoms with van der Waals surface area (Å²) in [6, 6.07) is 0. The molecule has 10 heavy (non-hydrogen) atoms. The predicted octanol–water partition coefficient (Wildman–Crippen LogP) is -0.00830. The summed E-state index contributed by atoms with van der Waals surface area (Å²) in [7, 11) is 0. The second-order valence-electron chi connectivity index (χ2n) is 1.97. The summed E-state index contributed by atoms with van der Waals surface area (Å²) < 4.78 is 0. The van der Waals surface area contributed by atoms with Gasteiger partial charge in [0.1, 0.15) is 0 Å². The molecule has 1 rings (SSSR count). The third-order valence-electron chi connectivity index (χ3n) is 1.23. The van der Waals surface area contributed by atoms with Gasteiger partial charge < -0.3 is 10.6 Å². The summed E-state index contributed by atoms with van der Waals surface area (Å²) in [5, 5.41) is 1.91. The minimum absolute atomic E-state index is 0.151. The van der Waals surface area contributed by atoms with Crippen molar-refractivity contribution in [2.24, 2.45) is 5.73 Å². The Hall–Kier alpha value is -0.480. The van der Waals surface area contributed by atoms with E-state index in [1.54, 1.807) is 11.1 Å². The molecule has 4 heteroatoms. The minimum Gasteiger partial charge on any atom is -0.329 e. The average Bonchev–Trinajstić information content (AvgIpc) is 1.94. The second kappa shape index (κ2) is 3.63. The Morgan fingerprint density at radius 1 is 1.80 bits per heavy atom. The van der Waals surface area contributed by atoms with Crippen LogP contribution in [0, 0.1) is 0 Å². The maximum absolute atomic E-state index is 11.0. The lowest BCUT2D eigenvalue weighted by molar-refractivity contribution is -0.125. The minimum atomic E-state index is 0.151. The van der Waals surface area contributed by atoms with Gasteiger partial charge in [0, 0.05) is 19.3 Å². The van der Waals surface area contributed by atoms with E-state index in [9.17, 15) is 4.79 Å². The Labute approximate surface area is 64.3 Å². The Morgan fingerprint density at radius 2 is 2.60 bits per heavy atom. The zero-order chi connectivity index (χ0) is 7.40. The molecule has 1 amide bonds. The highest BCUT2D eigenvalue weighted by Gasteiger charge is 2.11. The smallest absolute Gasteiger partial charge is 0.236 e. The van der Waals surface area contributed by atoms with Gasteiger partial charge in [-0.25, -0.2) is 0 Å². The highest BCUT2D eigenvalue weighted by atomic mass is 32.2. The molecule has 0 radical (unpaired) electrons. The number of carbonyl (C=O) groups excluding carboxylic acids is 1. The molecule has 0 aromatic heterocycles. The molecule has 0 saturated heterocycles. The molecule has 0 spiro atoms. The van der Waals surface area contributed by atoms with Crippen LogP contribution in [0.15, 0.2) is 11.6 Å². The van der Waals surface area contributed by atoms with E-state index in [0.29, 0.717) is 18.8 Å². The Kier molecular flexibility index (Phi) is 2.77. The summed E-state index contributed by atoms with van der Waals surface area (Å²) in [5.74, 6) is 0.703. The fourth-order valence-corrected chi connectivity index (χ4v) is 1.38. The zero-order valence-electron chi connectivity index (χ0n) is 5.62. The SMILES string of the molecule is NCCN1C=CSCC1=O. The van der Waals surface area contributed by atoms with Crippen molar-refractivity contribution in [2.75, 3.05) is 18.8 Å². The van der Waals surface area contributed by atoms with E-state index in [2.05, 4.69) is 0 Å². The van der Waals surface area contributed by atoms with Gasteiger partial charge in [-0.1, -0.05) is 0 Å². The van der Waals surface area contributed by atoms with Crippen molar-refractivity contribution in [3.8, 4) is 0 Å². The summed E-state index contributed by atoms with van der Waals surface area (Å²) in [5.41, 5.74) is 5.29. The highest BCUT2D eigenvalue weighted by Crippen LogP contribution is 2.10. The van der Waals surface area contributed by atoms with Crippen molar-refractivity contribution in [3.05, 3.63) is 11.6 Å². The third kappa shape index (κ3) is 1.75. The van der Waals surface area contributed by atoms with Crippen molar-refractivity contribution in [1.82, 2.24) is 4.90 Å². The van der Waals surface area contributed by atoms with Crippen LogP contribution in [0.5, 0.6) is 0 Å². The summed E-state index contributed by atoms with van der Waals surface area (Å²) in [6.45, 7) is 1.16. The fourth-order valence-electron chi connectivity index (χ4n) is 0.740. The standard InChI is InChI=1S/C6H10N2OS/c7-1-2-8-3-4-10-5-6(8)9/h3-4H,1-2,5,7H2. The Balaban J connectivity index is 2.47. The monoisotopic (exact) mass is 158 g/mol. The zero-order valence-corrected chi connectivity index (χ0v) is 6.43. The van der Waals surface area contributed by atoms with E-state index >= 15 is 0 Å². The summed E-state index contributed by atoms with van der Waals surface area (Å²) in [6.07, 6.45) is 1.78. The van der Waals surface area contributed by atoms with Crippen LogP contribution in [0.1, 0.15) is 0 Å². The van der Waals surface area contributed by atoms with Gasteiger partial charge in [-0.05, 0) is 5.41 Å². The van der Waals surface area contributed by atoms with E-state index in [4.69, 9.17) is 5.73 Å². The number of rotatable bonds is 2. The number of nitrogens with zero attached hydrogens (tertiary/aromatic N) is 1. The van der Waals surface area contributed by atoms with E-state index < -0.39 is 0 Å². The van der Waals surface area contributed by atoms with Gasteiger partial charge in [-0.15, -0.1) is 11.8 Å². The maximum atomic E-state index is 11.0. The molecule has 0 atom stereocenters. The van der Waals surface area contributed by atoms with E-state index in [1.807, 2.05) is 5.41 Å². The molecule has 2 N–H and O–H groups in total. The molecule has 1 heterocycles. The van der Waals surface area contributed by atoms with Crippen molar-refractivity contribution >= 4 is 17.7 Å². The van der Waals surface area contributed by atoms with Crippen molar-refractivity contribution < 1.29 is 4.79 Å². The number of hydrogen-bond acceptors (Lipinski definition) is 3. The first-order chi connectivity index (χ1) is 4.84. The van der Waals surface area contributed by atoms with Gasteiger partial charge in [0.25, 0.3) is 0 Å². The normalized spacial score (nSPS) is 18.1. The molecule has 0 bridgehead atoms. The first kappa shape index (κ1) is 7.63. The van der Waals surface area contributed by atoms with Crippen LogP contribution >= 0.6 is 11.8 Å². The van der Waals surface area contributed by atoms with Crippen LogP contribution in [0.25, 0.3) is 0 Å². The first-order valence-corrected chi connectivity index (χ1v) is 4.17. The molecule has 1 aliphatic heterocycles. The lowest BCUT2D eigenvalue weighted by atomic mass is 10.5. The van der Waals surface area contributed by atoms with E-state index in [0.717, 1.165) is 0 Å². The van der Waals surface area contributed by atoms with Gasteiger partial charge in [-0.3, -0.25) is 4.79 Å². The van der Waals surface area contributed by atoms with Crippen LogP contribution in [0.2, 0.25) is 0 Å². The molecule has 0 saturated carbocycles. The van der Waals surface area contributed by atoms with Gasteiger partial charge in [-0.2, -0.15) is 0 Å². The van der Waals surface area contributed by atoms with Gasteiger partial charge >= 0.3 is 0 Å². The van der Waals surface area contributed by atoms with E-state index in [1.165, 1.54) is 11.8 Å². The third-order valence-corrected chi connectivity index (χ3v) is 1.96. The molecule has 0 unspecified atom stereocenters. The quantitative estimate of drug-likeness (QED) is 0.615. The molecule has 56 valence electrons. The Bertz CT molecular complexity index is 158. The number of nitrogens with two attached hydrogens (primary N) is 1. The lowest BCUT2D eigenvalue weighted by Gasteiger charge is -2.19. The highest BCUT2D eigenvalue weighted by molar-refractivity contribution is 8.02. The molecule has 0 aliphatic carbocycles. The van der Waals surface area contributed by atoms with Crippen molar-refractivity contribution in [3.63, 3.8) is 0 Å². The lowest BCUT2D eigenvalue weighted by Crippen LogP contribution is -2.33. The molecule has 0 aromatic rings. The maximum Gasteiger partial charge on any atom is 0.236 e. The van der Waals surface area contributed by atoms with Gasteiger partial charge in [0.15, 0.2) is 0 Å². The van der Waals surface area contributed by atoms with Crippen LogP contribution in [0.4, 0.5) is 0 Å². The molecule has 3 nitrogen and oxygen atoms in total. The predicted molar refractivity (Wildman–Crippen MR) is 42.4 cm³/mol. The second-order valence-corrected chi connectivity index (χ2v) is 2.87. The fraction of sp³-hybridized carbons (Fsp3) is 0.500. The largest absolute Gasteiger partial charge is 0.329 e. The number of hydrogen-bond donors (Lipinski definition) is 1. The van der Waals surface area contributed by atoms with Gasteiger partial charge in [0.05, 0.1) is 5.75 Å². The average molecular weight is 158 g/mol. The van der Waals surface area contributed by atoms with Crippen LogP contribution < -0.4 is 5.73 Å². The van der Waals surface area contributed by atoms with E-state index in [-0.39, 0.29) is 5.91 Å². The first-order valence-electron chi connectivity index (χ1n) is 3.12. The topological polar surface area (TPSA) is 46.3 Å². The number of carbonyl (C=O) groups is 1. The summed E-state index contributed by atoms with van der Waals surface area (Å²) >= 11 is 1.52.